The zero-order valence-corrected chi connectivity index (χ0v) is 9.71. The van der Waals surface area contributed by atoms with Gasteiger partial charge in [0.05, 0.1) is 12.2 Å². The van der Waals surface area contributed by atoms with Gasteiger partial charge in [-0.2, -0.15) is 0 Å². The largest absolute Gasteiger partial charge is 0.493 e. The summed E-state index contributed by atoms with van der Waals surface area (Å²) in [6.07, 6.45) is 4.84. The molecule has 2 rings (SSSR count). The zero-order chi connectivity index (χ0) is 12.3. The van der Waals surface area contributed by atoms with E-state index in [1.54, 1.807) is 12.1 Å². The van der Waals surface area contributed by atoms with Crippen molar-refractivity contribution < 1.29 is 9.13 Å². The summed E-state index contributed by atoms with van der Waals surface area (Å²) in [6.45, 7) is 0.564. The maximum Gasteiger partial charge on any atom is 0.137 e. The Kier molecular flexibility index (Phi) is 3.61. The Morgan fingerprint density at radius 2 is 2.24 bits per heavy atom. The monoisotopic (exact) mass is 236 g/mol. The highest BCUT2D eigenvalue weighted by atomic mass is 19.1. The van der Waals surface area contributed by atoms with Crippen LogP contribution in [-0.4, -0.2) is 12.4 Å². The van der Waals surface area contributed by atoms with E-state index in [0.717, 1.165) is 12.3 Å². The van der Waals surface area contributed by atoms with Gasteiger partial charge in [0.1, 0.15) is 17.4 Å². The van der Waals surface area contributed by atoms with Crippen molar-refractivity contribution >= 4 is 5.84 Å². The molecule has 0 amide bonds. The molecule has 4 heteroatoms. The summed E-state index contributed by atoms with van der Waals surface area (Å²) in [5, 5.41) is 7.34. The van der Waals surface area contributed by atoms with Crippen LogP contribution in [0.2, 0.25) is 0 Å². The summed E-state index contributed by atoms with van der Waals surface area (Å²) in [5.74, 6) is 0.335. The van der Waals surface area contributed by atoms with E-state index in [1.165, 1.54) is 25.3 Å². The molecule has 0 atom stereocenters. The third-order valence-corrected chi connectivity index (χ3v) is 3.25. The number of halogens is 1. The van der Waals surface area contributed by atoms with Crippen molar-refractivity contribution in [2.45, 2.75) is 25.7 Å². The van der Waals surface area contributed by atoms with Gasteiger partial charge in [0.2, 0.25) is 0 Å². The molecule has 0 saturated heterocycles. The normalized spacial score (nSPS) is 15.4. The lowest BCUT2D eigenvalue weighted by atomic mass is 9.83. The Morgan fingerprint density at radius 1 is 1.47 bits per heavy atom. The molecule has 92 valence electrons. The van der Waals surface area contributed by atoms with E-state index in [0.29, 0.717) is 12.4 Å². The van der Waals surface area contributed by atoms with Crippen molar-refractivity contribution in [3.8, 4) is 5.75 Å². The smallest absolute Gasteiger partial charge is 0.137 e. The van der Waals surface area contributed by atoms with Crippen LogP contribution in [0.1, 0.15) is 31.2 Å². The second kappa shape index (κ2) is 5.17. The molecular formula is C13H17FN2O. The van der Waals surface area contributed by atoms with Gasteiger partial charge in [-0.1, -0.05) is 25.3 Å². The van der Waals surface area contributed by atoms with E-state index in [1.807, 2.05) is 0 Å². The number of nitrogens with one attached hydrogen (secondary N) is 1. The van der Waals surface area contributed by atoms with Gasteiger partial charge in [0.15, 0.2) is 0 Å². The van der Waals surface area contributed by atoms with Crippen LogP contribution in [0.25, 0.3) is 0 Å². The Hall–Kier alpha value is -1.58. The Morgan fingerprint density at radius 3 is 2.82 bits per heavy atom. The SMILES string of the molecule is N=C(N)c1c(F)cccc1OCCC1CCC1. The summed E-state index contributed by atoms with van der Waals surface area (Å²) in [5.41, 5.74) is 5.42. The standard InChI is InChI=1S/C13H17FN2O/c14-10-5-2-6-11(12(10)13(15)16)17-8-7-9-3-1-4-9/h2,5-6,9H,1,3-4,7-8H2,(H3,15,16). The molecule has 3 nitrogen and oxygen atoms in total. The van der Waals surface area contributed by atoms with Crippen LogP contribution in [0.4, 0.5) is 4.39 Å². The fraction of sp³-hybridized carbons (Fsp3) is 0.462. The Bertz CT molecular complexity index is 416. The van der Waals surface area contributed by atoms with Gasteiger partial charge in [0, 0.05) is 0 Å². The van der Waals surface area contributed by atoms with Gasteiger partial charge in [-0.05, 0) is 24.5 Å². The third kappa shape index (κ3) is 2.75. The number of hydrogen-bond donors (Lipinski definition) is 2. The van der Waals surface area contributed by atoms with E-state index in [-0.39, 0.29) is 11.4 Å². The minimum atomic E-state index is -0.501. The number of ether oxygens (including phenoxy) is 1. The van der Waals surface area contributed by atoms with Crippen LogP contribution in [0, 0.1) is 17.1 Å². The topological polar surface area (TPSA) is 59.1 Å². The Labute approximate surface area is 100 Å². The van der Waals surface area contributed by atoms with Gasteiger partial charge in [-0.3, -0.25) is 5.41 Å². The van der Waals surface area contributed by atoms with Crippen molar-refractivity contribution in [3.63, 3.8) is 0 Å². The van der Waals surface area contributed by atoms with Crippen LogP contribution in [0.15, 0.2) is 18.2 Å². The van der Waals surface area contributed by atoms with Crippen molar-refractivity contribution in [1.29, 1.82) is 5.41 Å². The molecule has 0 unspecified atom stereocenters. The first-order valence-electron chi connectivity index (χ1n) is 5.94. The van der Waals surface area contributed by atoms with Crippen LogP contribution >= 0.6 is 0 Å². The summed E-state index contributed by atoms with van der Waals surface area (Å²) >= 11 is 0. The number of benzene rings is 1. The average molecular weight is 236 g/mol. The first-order chi connectivity index (χ1) is 8.18. The lowest BCUT2D eigenvalue weighted by Gasteiger charge is -2.25. The lowest BCUT2D eigenvalue weighted by Crippen LogP contribution is -2.17. The molecule has 0 bridgehead atoms. The van der Waals surface area contributed by atoms with Crippen molar-refractivity contribution in [1.82, 2.24) is 0 Å². The van der Waals surface area contributed by atoms with Gasteiger partial charge >= 0.3 is 0 Å². The van der Waals surface area contributed by atoms with E-state index in [2.05, 4.69) is 0 Å². The number of rotatable bonds is 5. The summed E-state index contributed by atoms with van der Waals surface area (Å²) in [6, 6.07) is 4.51. The highest BCUT2D eigenvalue weighted by Gasteiger charge is 2.18. The molecule has 0 spiro atoms. The van der Waals surface area contributed by atoms with Gasteiger partial charge in [-0.25, -0.2) is 4.39 Å². The maximum atomic E-state index is 13.5. The first kappa shape index (κ1) is 11.9. The average Bonchev–Trinajstić information content (AvgIpc) is 2.21. The highest BCUT2D eigenvalue weighted by molar-refractivity contribution is 5.97. The Balaban J connectivity index is 1.98. The quantitative estimate of drug-likeness (QED) is 0.610. The predicted octanol–water partition coefficient (Wildman–Crippen LogP) is 2.68. The molecular weight excluding hydrogens is 219 g/mol. The molecule has 1 aliphatic rings. The van der Waals surface area contributed by atoms with Gasteiger partial charge in [0.25, 0.3) is 0 Å². The summed E-state index contributed by atoms with van der Waals surface area (Å²) in [4.78, 5) is 0. The highest BCUT2D eigenvalue weighted by Crippen LogP contribution is 2.29. The van der Waals surface area contributed by atoms with E-state index >= 15 is 0 Å². The molecule has 1 aromatic carbocycles. The van der Waals surface area contributed by atoms with Crippen LogP contribution in [0.5, 0.6) is 5.75 Å². The first-order valence-corrected chi connectivity index (χ1v) is 5.94. The van der Waals surface area contributed by atoms with E-state index < -0.39 is 5.82 Å². The molecule has 1 aliphatic carbocycles. The van der Waals surface area contributed by atoms with Crippen molar-refractivity contribution in [2.24, 2.45) is 11.7 Å². The molecule has 17 heavy (non-hydrogen) atoms. The molecule has 3 N–H and O–H groups in total. The zero-order valence-electron chi connectivity index (χ0n) is 9.71. The van der Waals surface area contributed by atoms with Crippen LogP contribution in [0.3, 0.4) is 0 Å². The van der Waals surface area contributed by atoms with E-state index in [9.17, 15) is 4.39 Å². The number of nitrogen functional groups attached to an aromatic ring is 1. The molecule has 0 aromatic heterocycles. The molecule has 1 fully saturated rings. The second-order valence-electron chi connectivity index (χ2n) is 4.46. The summed E-state index contributed by atoms with van der Waals surface area (Å²) in [7, 11) is 0. The number of amidine groups is 1. The van der Waals surface area contributed by atoms with Crippen molar-refractivity contribution in [2.75, 3.05) is 6.61 Å². The molecule has 1 aromatic rings. The predicted molar refractivity (Wildman–Crippen MR) is 64.9 cm³/mol. The minimum absolute atomic E-state index is 0.0705. The molecule has 1 saturated carbocycles. The van der Waals surface area contributed by atoms with Crippen LogP contribution in [-0.2, 0) is 0 Å². The van der Waals surface area contributed by atoms with Gasteiger partial charge in [-0.15, -0.1) is 0 Å². The number of nitrogens with two attached hydrogens (primary N) is 1. The number of hydrogen-bond acceptors (Lipinski definition) is 2. The molecule has 0 radical (unpaired) electrons. The van der Waals surface area contributed by atoms with Crippen LogP contribution < -0.4 is 10.5 Å². The van der Waals surface area contributed by atoms with E-state index in [4.69, 9.17) is 15.9 Å². The van der Waals surface area contributed by atoms with Gasteiger partial charge < -0.3 is 10.5 Å². The fourth-order valence-corrected chi connectivity index (χ4v) is 2.00. The third-order valence-electron chi connectivity index (χ3n) is 3.25. The summed E-state index contributed by atoms with van der Waals surface area (Å²) < 4.78 is 19.0. The molecule has 0 heterocycles. The lowest BCUT2D eigenvalue weighted by molar-refractivity contribution is 0.221. The fourth-order valence-electron chi connectivity index (χ4n) is 2.00. The minimum Gasteiger partial charge on any atom is -0.493 e. The second-order valence-corrected chi connectivity index (χ2v) is 4.46. The molecule has 0 aliphatic heterocycles. The maximum absolute atomic E-state index is 13.5. The van der Waals surface area contributed by atoms with Crippen molar-refractivity contribution in [3.05, 3.63) is 29.6 Å².